The lowest BCUT2D eigenvalue weighted by Gasteiger charge is -2.20. The van der Waals surface area contributed by atoms with Gasteiger partial charge in [-0.15, -0.1) is 11.8 Å². The molecule has 0 saturated heterocycles. The molecule has 0 aliphatic rings. The van der Waals surface area contributed by atoms with E-state index in [-0.39, 0.29) is 16.7 Å². The van der Waals surface area contributed by atoms with Crippen LogP contribution in [0.5, 0.6) is 0 Å². The van der Waals surface area contributed by atoms with Crippen molar-refractivity contribution in [2.45, 2.75) is 43.0 Å². The minimum Gasteiger partial charge on any atom is -0.325 e. The van der Waals surface area contributed by atoms with Gasteiger partial charge < -0.3 is 5.32 Å². The van der Waals surface area contributed by atoms with Gasteiger partial charge in [0.25, 0.3) is 0 Å². The Bertz CT molecular complexity index is 878. The maximum Gasteiger partial charge on any atom is 0.242 e. The first kappa shape index (κ1) is 21.5. The maximum atomic E-state index is 12.8. The minimum absolute atomic E-state index is 0.152. The molecule has 0 aromatic heterocycles. The van der Waals surface area contributed by atoms with E-state index in [1.165, 1.54) is 0 Å². The summed E-state index contributed by atoms with van der Waals surface area (Å²) in [6, 6.07) is 13.2. The summed E-state index contributed by atoms with van der Waals surface area (Å²) >= 11 is 1.57. The molecule has 1 atom stereocenters. The van der Waals surface area contributed by atoms with Crippen molar-refractivity contribution in [3.05, 3.63) is 54.1 Å². The highest BCUT2D eigenvalue weighted by Gasteiger charge is 2.26. The molecule has 5 nitrogen and oxygen atoms in total. The molecule has 0 aliphatic heterocycles. The van der Waals surface area contributed by atoms with Crippen LogP contribution in [-0.4, -0.2) is 26.6 Å². The number of anilines is 1. The van der Waals surface area contributed by atoms with Gasteiger partial charge in [-0.1, -0.05) is 37.6 Å². The topological polar surface area (TPSA) is 75.3 Å². The average Bonchev–Trinajstić information content (AvgIpc) is 2.61. The lowest BCUT2D eigenvalue weighted by molar-refractivity contribution is -0.118. The molecule has 0 aliphatic carbocycles. The fourth-order valence-corrected chi connectivity index (χ4v) is 4.25. The molecule has 2 aromatic rings. The van der Waals surface area contributed by atoms with Crippen molar-refractivity contribution in [1.82, 2.24) is 4.72 Å². The zero-order chi connectivity index (χ0) is 20.0. The van der Waals surface area contributed by atoms with Crippen molar-refractivity contribution < 1.29 is 13.2 Å². The Morgan fingerprint density at radius 2 is 1.78 bits per heavy atom. The average molecular weight is 407 g/mol. The third kappa shape index (κ3) is 6.37. The molecule has 2 aromatic carbocycles. The standard InChI is InChI=1S/C20H26N2O3S2/c1-14(2)12-19(20(23)21-16-6-5-7-17(13-16)26-4)22-27(24,25)18-10-8-15(3)9-11-18/h5-11,13-14,19,22H,12H2,1-4H3,(H,21,23). The number of aryl methyl sites for hydroxylation is 1. The van der Waals surface area contributed by atoms with Gasteiger partial charge in [0.1, 0.15) is 6.04 Å². The second-order valence-corrected chi connectivity index (χ2v) is 9.43. The molecule has 0 radical (unpaired) electrons. The summed E-state index contributed by atoms with van der Waals surface area (Å²) in [7, 11) is -3.79. The number of benzene rings is 2. The highest BCUT2D eigenvalue weighted by atomic mass is 32.2. The first-order chi connectivity index (χ1) is 12.7. The number of rotatable bonds is 8. The fraction of sp³-hybridized carbons (Fsp3) is 0.350. The first-order valence-corrected chi connectivity index (χ1v) is 11.5. The Balaban J connectivity index is 2.20. The summed E-state index contributed by atoms with van der Waals surface area (Å²) < 4.78 is 28.0. The van der Waals surface area contributed by atoms with Gasteiger partial charge in [0.15, 0.2) is 0 Å². The Labute approximate surface area is 166 Å². The SMILES string of the molecule is CSc1cccc(NC(=O)C(CC(C)C)NS(=O)(=O)c2ccc(C)cc2)c1. The Morgan fingerprint density at radius 1 is 1.11 bits per heavy atom. The van der Waals surface area contributed by atoms with Gasteiger partial charge in [-0.05, 0) is 55.9 Å². The predicted octanol–water partition coefficient (Wildman–Crippen LogP) is 4.05. The van der Waals surface area contributed by atoms with Gasteiger partial charge in [0.2, 0.25) is 15.9 Å². The molecular weight excluding hydrogens is 380 g/mol. The van der Waals surface area contributed by atoms with Gasteiger partial charge in [-0.25, -0.2) is 8.42 Å². The van der Waals surface area contributed by atoms with Crippen LogP contribution in [-0.2, 0) is 14.8 Å². The zero-order valence-electron chi connectivity index (χ0n) is 16.0. The molecule has 0 saturated carbocycles. The number of hydrogen-bond acceptors (Lipinski definition) is 4. The largest absolute Gasteiger partial charge is 0.325 e. The number of hydrogen-bond donors (Lipinski definition) is 2. The number of thioether (sulfide) groups is 1. The van der Waals surface area contributed by atoms with Gasteiger partial charge in [-0.2, -0.15) is 4.72 Å². The highest BCUT2D eigenvalue weighted by molar-refractivity contribution is 7.98. The van der Waals surface area contributed by atoms with E-state index in [9.17, 15) is 13.2 Å². The van der Waals surface area contributed by atoms with Crippen molar-refractivity contribution >= 4 is 33.4 Å². The van der Waals surface area contributed by atoms with Crippen LogP contribution in [0.3, 0.4) is 0 Å². The van der Waals surface area contributed by atoms with Crippen molar-refractivity contribution in [2.24, 2.45) is 5.92 Å². The molecule has 2 N–H and O–H groups in total. The molecule has 2 rings (SSSR count). The summed E-state index contributed by atoms with van der Waals surface area (Å²) in [5.41, 5.74) is 1.62. The number of carbonyl (C=O) groups excluding carboxylic acids is 1. The van der Waals surface area contributed by atoms with Crippen molar-refractivity contribution in [1.29, 1.82) is 0 Å². The first-order valence-electron chi connectivity index (χ1n) is 8.75. The van der Waals surface area contributed by atoms with E-state index in [0.717, 1.165) is 10.5 Å². The third-order valence-corrected chi connectivity index (χ3v) is 6.20. The summed E-state index contributed by atoms with van der Waals surface area (Å²) in [6.45, 7) is 5.80. The van der Waals surface area contributed by atoms with E-state index >= 15 is 0 Å². The molecule has 27 heavy (non-hydrogen) atoms. The molecule has 1 amide bonds. The molecule has 0 bridgehead atoms. The monoisotopic (exact) mass is 406 g/mol. The second-order valence-electron chi connectivity index (χ2n) is 6.84. The predicted molar refractivity (Wildman–Crippen MR) is 112 cm³/mol. The zero-order valence-corrected chi connectivity index (χ0v) is 17.7. The van der Waals surface area contributed by atoms with Crippen molar-refractivity contribution in [3.63, 3.8) is 0 Å². The Morgan fingerprint density at radius 3 is 2.37 bits per heavy atom. The van der Waals surface area contributed by atoms with Gasteiger partial charge >= 0.3 is 0 Å². The van der Waals surface area contributed by atoms with Crippen LogP contribution in [0.1, 0.15) is 25.8 Å². The third-order valence-electron chi connectivity index (χ3n) is 3.99. The van der Waals surface area contributed by atoms with Crippen LogP contribution in [0.2, 0.25) is 0 Å². The Hall–Kier alpha value is -1.83. The summed E-state index contributed by atoms with van der Waals surface area (Å²) in [5, 5.41) is 2.83. The van der Waals surface area contributed by atoms with Crippen LogP contribution >= 0.6 is 11.8 Å². The fourth-order valence-electron chi connectivity index (χ4n) is 2.58. The minimum atomic E-state index is -3.79. The Kier molecular flexibility index (Phi) is 7.47. The van der Waals surface area contributed by atoms with E-state index in [1.807, 2.05) is 45.2 Å². The number of carbonyl (C=O) groups is 1. The van der Waals surface area contributed by atoms with Crippen LogP contribution in [0, 0.1) is 12.8 Å². The van der Waals surface area contributed by atoms with E-state index in [0.29, 0.717) is 12.1 Å². The van der Waals surface area contributed by atoms with Crippen LogP contribution in [0.25, 0.3) is 0 Å². The molecule has 146 valence electrons. The maximum absolute atomic E-state index is 12.8. The van der Waals surface area contributed by atoms with Crippen molar-refractivity contribution in [3.8, 4) is 0 Å². The molecular formula is C20H26N2O3S2. The van der Waals surface area contributed by atoms with Crippen LogP contribution in [0.15, 0.2) is 58.3 Å². The van der Waals surface area contributed by atoms with Gasteiger partial charge in [0.05, 0.1) is 4.90 Å². The number of amides is 1. The highest BCUT2D eigenvalue weighted by Crippen LogP contribution is 2.20. The van der Waals surface area contributed by atoms with Crippen LogP contribution in [0.4, 0.5) is 5.69 Å². The summed E-state index contributed by atoms with van der Waals surface area (Å²) in [4.78, 5) is 13.9. The van der Waals surface area contributed by atoms with E-state index in [1.54, 1.807) is 42.1 Å². The lowest BCUT2D eigenvalue weighted by Crippen LogP contribution is -2.44. The molecule has 0 spiro atoms. The molecule has 7 heteroatoms. The second kappa shape index (κ2) is 9.39. The quantitative estimate of drug-likeness (QED) is 0.649. The van der Waals surface area contributed by atoms with Crippen LogP contribution < -0.4 is 10.0 Å². The molecule has 1 unspecified atom stereocenters. The number of sulfonamides is 1. The summed E-state index contributed by atoms with van der Waals surface area (Å²) in [5.74, 6) is -0.211. The lowest BCUT2D eigenvalue weighted by atomic mass is 10.0. The van der Waals surface area contributed by atoms with E-state index in [2.05, 4.69) is 10.0 Å². The smallest absolute Gasteiger partial charge is 0.242 e. The van der Waals surface area contributed by atoms with E-state index in [4.69, 9.17) is 0 Å². The van der Waals surface area contributed by atoms with Gasteiger partial charge in [0, 0.05) is 10.6 Å². The normalized spacial score (nSPS) is 12.8. The summed E-state index contributed by atoms with van der Waals surface area (Å²) in [6.07, 6.45) is 2.36. The molecule has 0 heterocycles. The van der Waals surface area contributed by atoms with Crippen molar-refractivity contribution in [2.75, 3.05) is 11.6 Å². The van der Waals surface area contributed by atoms with E-state index < -0.39 is 16.1 Å². The molecule has 0 fully saturated rings. The van der Waals surface area contributed by atoms with Gasteiger partial charge in [-0.3, -0.25) is 4.79 Å². The number of nitrogens with one attached hydrogen (secondary N) is 2.